The average molecular weight is 386 g/mol. The SMILES string of the molecule is C=CC(=O)N1CC(C(=O)N(CC)C2CCc3[nH]c4ccc(Cl)cc4c3C2)C1. The smallest absolute Gasteiger partial charge is 0.246 e. The van der Waals surface area contributed by atoms with Gasteiger partial charge in [0, 0.05) is 47.3 Å². The normalized spacial score (nSPS) is 19.5. The number of hydrogen-bond acceptors (Lipinski definition) is 2. The summed E-state index contributed by atoms with van der Waals surface area (Å²) in [6.45, 7) is 7.23. The van der Waals surface area contributed by atoms with Gasteiger partial charge in [0.2, 0.25) is 11.8 Å². The molecule has 6 heteroatoms. The number of hydrogen-bond donors (Lipinski definition) is 1. The Morgan fingerprint density at radius 2 is 2.19 bits per heavy atom. The van der Waals surface area contributed by atoms with Crippen LogP contribution in [0, 0.1) is 5.92 Å². The number of benzene rings is 1. The van der Waals surface area contributed by atoms with Crippen molar-refractivity contribution in [3.63, 3.8) is 0 Å². The molecule has 2 aliphatic rings. The van der Waals surface area contributed by atoms with Crippen molar-refractivity contribution >= 4 is 34.3 Å². The molecule has 1 aliphatic carbocycles. The van der Waals surface area contributed by atoms with Crippen molar-refractivity contribution in [2.45, 2.75) is 32.2 Å². The molecular weight excluding hydrogens is 362 g/mol. The van der Waals surface area contributed by atoms with Gasteiger partial charge < -0.3 is 14.8 Å². The first-order valence-corrected chi connectivity index (χ1v) is 9.90. The second-order valence-electron chi connectivity index (χ2n) is 7.44. The molecule has 0 spiro atoms. The number of fused-ring (bicyclic) bond motifs is 3. The van der Waals surface area contributed by atoms with Crippen LogP contribution in [0.4, 0.5) is 0 Å². The quantitative estimate of drug-likeness (QED) is 0.822. The Balaban J connectivity index is 1.51. The fourth-order valence-electron chi connectivity index (χ4n) is 4.41. The maximum atomic E-state index is 13.0. The molecule has 1 unspecified atom stereocenters. The van der Waals surface area contributed by atoms with Gasteiger partial charge >= 0.3 is 0 Å². The van der Waals surface area contributed by atoms with E-state index in [1.807, 2.05) is 30.0 Å². The lowest BCUT2D eigenvalue weighted by atomic mass is 9.89. The Morgan fingerprint density at radius 1 is 1.41 bits per heavy atom. The average Bonchev–Trinajstić information content (AvgIpc) is 2.98. The van der Waals surface area contributed by atoms with Gasteiger partial charge in [-0.05, 0) is 56.0 Å². The summed E-state index contributed by atoms with van der Waals surface area (Å²) in [5.74, 6) is -0.0234. The molecule has 1 atom stereocenters. The molecule has 4 rings (SSSR count). The highest BCUT2D eigenvalue weighted by molar-refractivity contribution is 6.31. The minimum Gasteiger partial charge on any atom is -0.358 e. The van der Waals surface area contributed by atoms with Crippen LogP contribution in [0.5, 0.6) is 0 Å². The van der Waals surface area contributed by atoms with Crippen molar-refractivity contribution in [3.05, 3.63) is 47.1 Å². The molecule has 142 valence electrons. The van der Waals surface area contributed by atoms with Gasteiger partial charge in [0.05, 0.1) is 5.92 Å². The lowest BCUT2D eigenvalue weighted by molar-refractivity contribution is -0.148. The van der Waals surface area contributed by atoms with Crippen molar-refractivity contribution in [1.29, 1.82) is 0 Å². The number of halogens is 1. The van der Waals surface area contributed by atoms with Crippen molar-refractivity contribution in [3.8, 4) is 0 Å². The number of nitrogens with one attached hydrogen (secondary N) is 1. The molecule has 1 aromatic carbocycles. The van der Waals surface area contributed by atoms with E-state index in [4.69, 9.17) is 11.6 Å². The number of nitrogens with zero attached hydrogens (tertiary/aromatic N) is 2. The highest BCUT2D eigenvalue weighted by Gasteiger charge is 2.39. The molecule has 2 amide bonds. The zero-order chi connectivity index (χ0) is 19.1. The molecule has 5 nitrogen and oxygen atoms in total. The first kappa shape index (κ1) is 18.1. The van der Waals surface area contributed by atoms with Crippen molar-refractivity contribution < 1.29 is 9.59 Å². The van der Waals surface area contributed by atoms with Crippen LogP contribution < -0.4 is 0 Å². The molecule has 1 aromatic heterocycles. The summed E-state index contributed by atoms with van der Waals surface area (Å²) in [5, 5.41) is 1.90. The van der Waals surface area contributed by atoms with Crippen LogP contribution in [0.2, 0.25) is 5.02 Å². The first-order valence-electron chi connectivity index (χ1n) is 9.52. The number of aromatic amines is 1. The molecular formula is C21H24ClN3O2. The Kier molecular flexibility index (Phi) is 4.72. The van der Waals surface area contributed by atoms with Gasteiger partial charge in [-0.3, -0.25) is 9.59 Å². The number of rotatable bonds is 4. The van der Waals surface area contributed by atoms with Gasteiger partial charge in [-0.2, -0.15) is 0 Å². The number of amides is 2. The van der Waals surface area contributed by atoms with Crippen LogP contribution >= 0.6 is 11.6 Å². The summed E-state index contributed by atoms with van der Waals surface area (Å²) in [5.41, 5.74) is 3.66. The third kappa shape index (κ3) is 3.14. The van der Waals surface area contributed by atoms with Crippen LogP contribution in [0.15, 0.2) is 30.9 Å². The predicted octanol–water partition coefficient (Wildman–Crippen LogP) is 3.17. The van der Waals surface area contributed by atoms with Crippen LogP contribution in [0.3, 0.4) is 0 Å². The van der Waals surface area contributed by atoms with Crippen LogP contribution in [-0.2, 0) is 22.4 Å². The number of carbonyl (C=O) groups excluding carboxylic acids is 2. The van der Waals surface area contributed by atoms with Crippen molar-refractivity contribution in [2.75, 3.05) is 19.6 Å². The second-order valence-corrected chi connectivity index (χ2v) is 7.87. The molecule has 2 heterocycles. The number of aromatic nitrogens is 1. The summed E-state index contributed by atoms with van der Waals surface area (Å²) in [6.07, 6.45) is 4.04. The van der Waals surface area contributed by atoms with E-state index in [0.717, 1.165) is 35.2 Å². The van der Waals surface area contributed by atoms with E-state index in [-0.39, 0.29) is 23.8 Å². The summed E-state index contributed by atoms with van der Waals surface area (Å²) >= 11 is 6.20. The topological polar surface area (TPSA) is 56.4 Å². The summed E-state index contributed by atoms with van der Waals surface area (Å²) in [6, 6.07) is 6.13. The largest absolute Gasteiger partial charge is 0.358 e. The Labute approximate surface area is 164 Å². The zero-order valence-corrected chi connectivity index (χ0v) is 16.3. The van der Waals surface area contributed by atoms with Crippen LogP contribution in [-0.4, -0.2) is 52.3 Å². The molecule has 0 radical (unpaired) electrons. The molecule has 1 aliphatic heterocycles. The van der Waals surface area contributed by atoms with E-state index < -0.39 is 0 Å². The van der Waals surface area contributed by atoms with E-state index in [9.17, 15) is 9.59 Å². The van der Waals surface area contributed by atoms with Crippen LogP contribution in [0.1, 0.15) is 24.6 Å². The monoisotopic (exact) mass is 385 g/mol. The maximum Gasteiger partial charge on any atom is 0.246 e. The van der Waals surface area contributed by atoms with Gasteiger partial charge in [-0.15, -0.1) is 0 Å². The lowest BCUT2D eigenvalue weighted by Crippen LogP contribution is -2.58. The van der Waals surface area contributed by atoms with Gasteiger partial charge in [-0.1, -0.05) is 18.2 Å². The summed E-state index contributed by atoms with van der Waals surface area (Å²) in [4.78, 5) is 31.8. The highest BCUT2D eigenvalue weighted by Crippen LogP contribution is 2.33. The fraction of sp³-hybridized carbons (Fsp3) is 0.429. The lowest BCUT2D eigenvalue weighted by Gasteiger charge is -2.42. The van der Waals surface area contributed by atoms with E-state index in [0.29, 0.717) is 19.6 Å². The molecule has 1 N–H and O–H groups in total. The third-order valence-electron chi connectivity index (χ3n) is 5.91. The van der Waals surface area contributed by atoms with Crippen molar-refractivity contribution in [1.82, 2.24) is 14.8 Å². The van der Waals surface area contributed by atoms with Gasteiger partial charge in [0.15, 0.2) is 0 Å². The van der Waals surface area contributed by atoms with Gasteiger partial charge in [0.1, 0.15) is 0 Å². The molecule has 1 saturated heterocycles. The van der Waals surface area contributed by atoms with Gasteiger partial charge in [-0.25, -0.2) is 0 Å². The van der Waals surface area contributed by atoms with Crippen molar-refractivity contribution in [2.24, 2.45) is 5.92 Å². The number of H-pyrrole nitrogens is 1. The summed E-state index contributed by atoms with van der Waals surface area (Å²) in [7, 11) is 0. The molecule has 27 heavy (non-hydrogen) atoms. The number of aryl methyl sites for hydroxylation is 1. The number of likely N-dealkylation sites (N-methyl/N-ethyl adjacent to an activating group) is 1. The first-order chi connectivity index (χ1) is 13.0. The number of carbonyl (C=O) groups is 2. The van der Waals surface area contributed by atoms with E-state index in [1.54, 1.807) is 4.90 Å². The molecule has 2 aromatic rings. The standard InChI is InChI=1S/C21H24ClN3O2/c1-3-20(26)24-11-13(12-24)21(27)25(4-2)15-6-8-19-17(10-15)16-9-14(22)5-7-18(16)23-19/h3,5,7,9,13,15,23H,1,4,6,8,10-12H2,2H3. The predicted molar refractivity (Wildman–Crippen MR) is 107 cm³/mol. The summed E-state index contributed by atoms with van der Waals surface area (Å²) < 4.78 is 0. The maximum absolute atomic E-state index is 13.0. The fourth-order valence-corrected chi connectivity index (χ4v) is 4.58. The number of likely N-dealkylation sites (tertiary alicyclic amines) is 1. The molecule has 0 saturated carbocycles. The van der Waals surface area contributed by atoms with Crippen LogP contribution in [0.25, 0.3) is 10.9 Å². The second kappa shape index (κ2) is 7.04. The third-order valence-corrected chi connectivity index (χ3v) is 6.14. The van der Waals surface area contributed by atoms with E-state index >= 15 is 0 Å². The minimum atomic E-state index is -0.0972. The Bertz CT molecular complexity index is 914. The Hall–Kier alpha value is -2.27. The molecule has 1 fully saturated rings. The Morgan fingerprint density at radius 3 is 2.89 bits per heavy atom. The van der Waals surface area contributed by atoms with E-state index in [1.165, 1.54) is 17.3 Å². The molecule has 0 bridgehead atoms. The van der Waals surface area contributed by atoms with E-state index in [2.05, 4.69) is 11.6 Å². The minimum absolute atomic E-state index is 0.0901. The highest BCUT2D eigenvalue weighted by atomic mass is 35.5. The van der Waals surface area contributed by atoms with Gasteiger partial charge in [0.25, 0.3) is 0 Å². The zero-order valence-electron chi connectivity index (χ0n) is 15.5.